The molecule has 0 bridgehead atoms. The highest BCUT2D eigenvalue weighted by molar-refractivity contribution is 6.85. The molecule has 158 valence electrons. The van der Waals surface area contributed by atoms with Crippen LogP contribution in [0.1, 0.15) is 6.42 Å². The molecule has 2 N–H and O–H groups in total. The second kappa shape index (κ2) is 11.5. The first-order chi connectivity index (χ1) is 12.0. The highest BCUT2D eigenvalue weighted by Crippen LogP contribution is 2.28. The van der Waals surface area contributed by atoms with Crippen LogP contribution in [0.2, 0.25) is 25.7 Å². The summed E-state index contributed by atoms with van der Waals surface area (Å²) in [4.78, 5) is 0. The van der Waals surface area contributed by atoms with Crippen LogP contribution in [0.15, 0.2) is 0 Å². The highest BCUT2D eigenvalue weighted by atomic mass is 28.5. The zero-order valence-electron chi connectivity index (χ0n) is 17.4. The van der Waals surface area contributed by atoms with Crippen molar-refractivity contribution in [2.24, 2.45) is 5.73 Å². The molecule has 1 unspecified atom stereocenters. The van der Waals surface area contributed by atoms with Crippen LogP contribution in [-0.2, 0) is 38.9 Å². The number of hydrogen-bond acceptors (Lipinski definition) is 10. The van der Waals surface area contributed by atoms with Gasteiger partial charge in [0.05, 0.1) is 0 Å². The molecule has 0 spiro atoms. The fraction of sp³-hybridized carbons (Fsp3) is 1.00. The average Bonchev–Trinajstić information content (AvgIpc) is 2.62. The first kappa shape index (κ1) is 26.5. The zero-order chi connectivity index (χ0) is 20.5. The van der Waals surface area contributed by atoms with Crippen LogP contribution < -0.4 is 5.73 Å². The van der Waals surface area contributed by atoms with Gasteiger partial charge in [0.2, 0.25) is 0 Å². The Balaban J connectivity index is 5.52. The van der Waals surface area contributed by atoms with Crippen molar-refractivity contribution >= 4 is 35.2 Å². The summed E-state index contributed by atoms with van der Waals surface area (Å²) in [5.41, 5.74) is 5.68. The summed E-state index contributed by atoms with van der Waals surface area (Å²) < 4.78 is 50.9. The summed E-state index contributed by atoms with van der Waals surface area (Å²) in [5, 5.41) is 0. The van der Waals surface area contributed by atoms with E-state index < -0.39 is 35.2 Å². The van der Waals surface area contributed by atoms with Crippen molar-refractivity contribution in [2.45, 2.75) is 32.1 Å². The number of hydrogen-bond donors (Lipinski definition) is 1. The topological polar surface area (TPSA) is 109 Å². The van der Waals surface area contributed by atoms with Gasteiger partial charge in [0.1, 0.15) is 0 Å². The Morgan fingerprint density at radius 1 is 0.615 bits per heavy atom. The van der Waals surface area contributed by atoms with Crippen molar-refractivity contribution in [3.63, 3.8) is 0 Å². The second-order valence-electron chi connectivity index (χ2n) is 5.96. The van der Waals surface area contributed by atoms with Gasteiger partial charge in [-0.05, 0) is 38.7 Å². The molecule has 0 aliphatic heterocycles. The standard InChI is InChI=1S/C12H35NO9Si4/c1-14-25(15-2,16-3)21-23(7,8)20-24(9,12-10-11-13)22-26(17-4,18-5)19-6/h10-13H2,1-9H3. The molecule has 0 aliphatic rings. The smallest absolute Gasteiger partial charge is 0.416 e. The van der Waals surface area contributed by atoms with Gasteiger partial charge >= 0.3 is 35.2 Å². The van der Waals surface area contributed by atoms with Crippen molar-refractivity contribution in [1.29, 1.82) is 0 Å². The molecule has 1 atom stereocenters. The van der Waals surface area contributed by atoms with E-state index in [0.29, 0.717) is 12.6 Å². The Labute approximate surface area is 161 Å². The van der Waals surface area contributed by atoms with Crippen molar-refractivity contribution in [2.75, 3.05) is 49.2 Å². The lowest BCUT2D eigenvalue weighted by atomic mass is 10.5. The maximum absolute atomic E-state index is 6.42. The van der Waals surface area contributed by atoms with E-state index in [1.54, 1.807) is 0 Å². The minimum atomic E-state index is -3.31. The van der Waals surface area contributed by atoms with Crippen LogP contribution in [0.4, 0.5) is 0 Å². The normalized spacial score (nSPS) is 15.9. The molecule has 0 aliphatic carbocycles. The van der Waals surface area contributed by atoms with E-state index in [4.69, 9.17) is 44.6 Å². The number of nitrogens with two attached hydrogens (primary N) is 1. The molecule has 0 aromatic rings. The minimum Gasteiger partial charge on any atom is -0.416 e. The lowest BCUT2D eigenvalue weighted by molar-refractivity contribution is 0.0314. The van der Waals surface area contributed by atoms with E-state index in [1.165, 1.54) is 42.7 Å². The van der Waals surface area contributed by atoms with E-state index in [1.807, 2.05) is 19.6 Å². The van der Waals surface area contributed by atoms with Crippen molar-refractivity contribution in [3.05, 3.63) is 0 Å². The molecule has 26 heavy (non-hydrogen) atoms. The van der Waals surface area contributed by atoms with Crippen LogP contribution in [0, 0.1) is 0 Å². The fourth-order valence-corrected chi connectivity index (χ4v) is 16.8. The Hall–Kier alpha value is 0.468. The van der Waals surface area contributed by atoms with Crippen molar-refractivity contribution < 1.29 is 38.9 Å². The molecule has 0 heterocycles. The van der Waals surface area contributed by atoms with Crippen molar-refractivity contribution in [1.82, 2.24) is 0 Å². The molecule has 0 aromatic carbocycles. The molecule has 0 aromatic heterocycles. The summed E-state index contributed by atoms with van der Waals surface area (Å²) in [6.07, 6.45) is 0.718. The van der Waals surface area contributed by atoms with Gasteiger partial charge in [-0.3, -0.25) is 0 Å². The van der Waals surface area contributed by atoms with Gasteiger partial charge in [-0.25, -0.2) is 0 Å². The summed E-state index contributed by atoms with van der Waals surface area (Å²) in [5.74, 6) is 0. The predicted octanol–water partition coefficient (Wildman–Crippen LogP) is 0.908. The molecule has 10 nitrogen and oxygen atoms in total. The van der Waals surface area contributed by atoms with Gasteiger partial charge < -0.3 is 44.6 Å². The van der Waals surface area contributed by atoms with Crippen LogP contribution in [0.25, 0.3) is 0 Å². The van der Waals surface area contributed by atoms with Gasteiger partial charge in [0.15, 0.2) is 0 Å². The summed E-state index contributed by atoms with van der Waals surface area (Å²) in [6, 6.07) is 0.621. The lowest BCUT2D eigenvalue weighted by Crippen LogP contribution is -2.62. The maximum Gasteiger partial charge on any atom is 0.669 e. The van der Waals surface area contributed by atoms with E-state index in [-0.39, 0.29) is 0 Å². The van der Waals surface area contributed by atoms with E-state index in [9.17, 15) is 0 Å². The number of rotatable bonds is 15. The third-order valence-electron chi connectivity index (χ3n) is 3.51. The summed E-state index contributed by atoms with van der Waals surface area (Å²) in [7, 11) is -3.34. The van der Waals surface area contributed by atoms with E-state index in [2.05, 4.69) is 0 Å². The summed E-state index contributed by atoms with van der Waals surface area (Å²) >= 11 is 0. The zero-order valence-corrected chi connectivity index (χ0v) is 21.4. The second-order valence-corrected chi connectivity index (χ2v) is 18.4. The lowest BCUT2D eigenvalue weighted by Gasteiger charge is -2.40. The molecular formula is C12H35NO9Si4. The largest absolute Gasteiger partial charge is 0.669 e. The van der Waals surface area contributed by atoms with E-state index in [0.717, 1.165) is 6.42 Å². The minimum absolute atomic E-state index is 0.507. The van der Waals surface area contributed by atoms with Gasteiger partial charge in [0.25, 0.3) is 0 Å². The third-order valence-corrected chi connectivity index (χ3v) is 17.2. The summed E-state index contributed by atoms with van der Waals surface area (Å²) in [6.45, 7) is 6.17. The molecule has 0 saturated carbocycles. The van der Waals surface area contributed by atoms with Crippen molar-refractivity contribution in [3.8, 4) is 0 Å². The first-order valence-corrected chi connectivity index (χ1v) is 16.8. The Bertz CT molecular complexity index is 382. The Morgan fingerprint density at radius 2 is 1.00 bits per heavy atom. The van der Waals surface area contributed by atoms with E-state index >= 15 is 0 Å². The molecule has 0 amide bonds. The molecule has 0 fully saturated rings. The highest BCUT2D eigenvalue weighted by Gasteiger charge is 2.55. The SMILES string of the molecule is CO[Si](OC)(OC)O[Si](C)(C)O[Si](C)(CCCN)O[Si](OC)(OC)OC. The quantitative estimate of drug-likeness (QED) is 0.362. The third kappa shape index (κ3) is 7.84. The predicted molar refractivity (Wildman–Crippen MR) is 104 cm³/mol. The van der Waals surface area contributed by atoms with Gasteiger partial charge in [-0.1, -0.05) is 0 Å². The van der Waals surface area contributed by atoms with Crippen LogP contribution in [0.5, 0.6) is 0 Å². The Kier molecular flexibility index (Phi) is 11.7. The Morgan fingerprint density at radius 3 is 1.35 bits per heavy atom. The monoisotopic (exact) mass is 449 g/mol. The first-order valence-electron chi connectivity index (χ1n) is 8.16. The molecule has 0 saturated heterocycles. The molecule has 0 rings (SSSR count). The molecular weight excluding hydrogens is 414 g/mol. The van der Waals surface area contributed by atoms with Crippen LogP contribution >= 0.6 is 0 Å². The molecule has 14 heteroatoms. The molecule has 0 radical (unpaired) electrons. The average molecular weight is 450 g/mol. The fourth-order valence-electron chi connectivity index (χ4n) is 2.40. The van der Waals surface area contributed by atoms with Gasteiger partial charge in [0, 0.05) is 42.7 Å². The maximum atomic E-state index is 6.42. The van der Waals surface area contributed by atoms with Crippen LogP contribution in [-0.4, -0.2) is 84.4 Å². The van der Waals surface area contributed by atoms with Gasteiger partial charge in [-0.15, -0.1) is 0 Å². The van der Waals surface area contributed by atoms with Crippen LogP contribution in [0.3, 0.4) is 0 Å². The van der Waals surface area contributed by atoms with Gasteiger partial charge in [-0.2, -0.15) is 0 Å².